The van der Waals surface area contributed by atoms with Gasteiger partial charge in [0.2, 0.25) is 0 Å². The Balaban J connectivity index is 3.14. The Morgan fingerprint density at radius 2 is 1.94 bits per heavy atom. The Labute approximate surface area is 113 Å². The van der Waals surface area contributed by atoms with Gasteiger partial charge in [-0.25, -0.2) is 4.39 Å². The minimum atomic E-state index is -0.981. The van der Waals surface area contributed by atoms with Crippen LogP contribution in [0.2, 0.25) is 0 Å². The zero-order valence-electron chi connectivity index (χ0n) is 10.4. The fourth-order valence-electron chi connectivity index (χ4n) is 1.67. The molecule has 3 nitrogen and oxygen atoms in total. The number of esters is 1. The molecule has 0 saturated heterocycles. The van der Waals surface area contributed by atoms with Crippen LogP contribution in [-0.4, -0.2) is 18.9 Å². The van der Waals surface area contributed by atoms with E-state index in [0.29, 0.717) is 4.47 Å². The molecule has 0 bridgehead atoms. The van der Waals surface area contributed by atoms with E-state index in [0.717, 1.165) is 0 Å². The van der Waals surface area contributed by atoms with Gasteiger partial charge in [0, 0.05) is 4.47 Å². The number of ether oxygens (including phenoxy) is 1. The molecule has 1 aromatic carbocycles. The van der Waals surface area contributed by atoms with Crippen molar-refractivity contribution in [2.75, 3.05) is 7.11 Å². The summed E-state index contributed by atoms with van der Waals surface area (Å²) in [7, 11) is 1.21. The molecule has 1 aromatic rings. The lowest BCUT2D eigenvalue weighted by molar-refractivity contribution is -0.144. The van der Waals surface area contributed by atoms with Gasteiger partial charge in [0.25, 0.3) is 0 Å². The highest BCUT2D eigenvalue weighted by Gasteiger charge is 2.32. The van der Waals surface area contributed by atoms with E-state index in [-0.39, 0.29) is 11.5 Å². The van der Waals surface area contributed by atoms with Gasteiger partial charge >= 0.3 is 5.97 Å². The molecule has 1 atom stereocenters. The Kier molecular flexibility index (Phi) is 5.02. The molecule has 0 fully saturated rings. The van der Waals surface area contributed by atoms with E-state index in [9.17, 15) is 14.0 Å². The molecule has 0 saturated carbocycles. The maximum absolute atomic E-state index is 13.7. The summed E-state index contributed by atoms with van der Waals surface area (Å²) >= 11 is 3.11. The molecule has 0 spiro atoms. The summed E-state index contributed by atoms with van der Waals surface area (Å²) in [5.74, 6) is -3.08. The summed E-state index contributed by atoms with van der Waals surface area (Å²) in [6.45, 7) is 3.44. The van der Waals surface area contributed by atoms with Crippen LogP contribution >= 0.6 is 15.9 Å². The molecular formula is C13H14BrFO3. The van der Waals surface area contributed by atoms with Gasteiger partial charge in [-0.2, -0.15) is 0 Å². The van der Waals surface area contributed by atoms with Crippen molar-refractivity contribution in [3.05, 3.63) is 34.1 Å². The van der Waals surface area contributed by atoms with Crippen molar-refractivity contribution < 1.29 is 18.7 Å². The molecule has 0 amide bonds. The molecule has 0 aliphatic carbocycles. The Morgan fingerprint density at radius 1 is 1.33 bits per heavy atom. The Hall–Kier alpha value is -1.23. The normalized spacial score (nSPS) is 12.3. The highest BCUT2D eigenvalue weighted by Crippen LogP contribution is 2.23. The third-order valence-electron chi connectivity index (χ3n) is 2.60. The van der Waals surface area contributed by atoms with Gasteiger partial charge in [0.15, 0.2) is 5.78 Å². The number of benzene rings is 1. The quantitative estimate of drug-likeness (QED) is 0.486. The van der Waals surface area contributed by atoms with Gasteiger partial charge in [-0.1, -0.05) is 29.8 Å². The average molecular weight is 317 g/mol. The van der Waals surface area contributed by atoms with Crippen molar-refractivity contribution in [2.24, 2.45) is 11.8 Å². The van der Waals surface area contributed by atoms with E-state index in [2.05, 4.69) is 20.7 Å². The van der Waals surface area contributed by atoms with Crippen molar-refractivity contribution in [2.45, 2.75) is 13.8 Å². The standard InChI is InChI=1S/C13H14BrFO3/c1-7(2)11(13(17)18-3)12(16)9-5-4-8(14)6-10(9)15/h4-7,11H,1-3H3. The first-order valence-corrected chi connectivity index (χ1v) is 6.25. The predicted octanol–water partition coefficient (Wildman–Crippen LogP) is 3.22. The van der Waals surface area contributed by atoms with E-state index in [1.165, 1.54) is 19.2 Å². The topological polar surface area (TPSA) is 43.4 Å². The van der Waals surface area contributed by atoms with Crippen LogP contribution in [0, 0.1) is 17.7 Å². The first kappa shape index (κ1) is 14.8. The van der Waals surface area contributed by atoms with Gasteiger partial charge in [-0.05, 0) is 24.1 Å². The van der Waals surface area contributed by atoms with Crippen LogP contribution < -0.4 is 0 Å². The van der Waals surface area contributed by atoms with E-state index in [4.69, 9.17) is 0 Å². The number of carbonyl (C=O) groups excluding carboxylic acids is 2. The molecule has 98 valence electrons. The number of methoxy groups -OCH3 is 1. The third-order valence-corrected chi connectivity index (χ3v) is 3.09. The van der Waals surface area contributed by atoms with Crippen LogP contribution in [0.25, 0.3) is 0 Å². The SMILES string of the molecule is COC(=O)C(C(=O)c1ccc(Br)cc1F)C(C)C. The first-order valence-electron chi connectivity index (χ1n) is 5.45. The highest BCUT2D eigenvalue weighted by molar-refractivity contribution is 9.10. The largest absolute Gasteiger partial charge is 0.468 e. The van der Waals surface area contributed by atoms with Gasteiger partial charge in [-0.15, -0.1) is 0 Å². The molecule has 5 heteroatoms. The second-order valence-corrected chi connectivity index (χ2v) is 5.15. The maximum atomic E-state index is 13.7. The van der Waals surface area contributed by atoms with Crippen molar-refractivity contribution in [1.29, 1.82) is 0 Å². The van der Waals surface area contributed by atoms with Crippen LogP contribution in [0.1, 0.15) is 24.2 Å². The lowest BCUT2D eigenvalue weighted by Crippen LogP contribution is -2.30. The summed E-state index contributed by atoms with van der Waals surface area (Å²) < 4.78 is 18.8. The minimum Gasteiger partial charge on any atom is -0.468 e. The molecule has 0 aliphatic heterocycles. The Morgan fingerprint density at radius 3 is 2.39 bits per heavy atom. The van der Waals surface area contributed by atoms with Gasteiger partial charge < -0.3 is 4.74 Å². The van der Waals surface area contributed by atoms with Gasteiger partial charge in [0.1, 0.15) is 11.7 Å². The number of ketones is 1. The maximum Gasteiger partial charge on any atom is 0.316 e. The van der Waals surface area contributed by atoms with E-state index in [1.807, 2.05) is 0 Å². The summed E-state index contributed by atoms with van der Waals surface area (Å²) in [6, 6.07) is 4.12. The molecule has 1 unspecified atom stereocenters. The molecule has 0 aromatic heterocycles. The first-order chi connectivity index (χ1) is 8.38. The Bertz CT molecular complexity index is 471. The second-order valence-electron chi connectivity index (χ2n) is 4.23. The number of halogens is 2. The van der Waals surface area contributed by atoms with E-state index >= 15 is 0 Å². The van der Waals surface area contributed by atoms with E-state index < -0.39 is 23.5 Å². The van der Waals surface area contributed by atoms with E-state index in [1.54, 1.807) is 19.9 Å². The monoisotopic (exact) mass is 316 g/mol. The number of Topliss-reactive ketones (excluding diaryl/α,β-unsaturated/α-hetero) is 1. The zero-order valence-corrected chi connectivity index (χ0v) is 12.0. The minimum absolute atomic E-state index is 0.0951. The van der Waals surface area contributed by atoms with Crippen LogP contribution in [0.3, 0.4) is 0 Å². The lowest BCUT2D eigenvalue weighted by atomic mass is 9.88. The number of hydrogen-bond acceptors (Lipinski definition) is 3. The fraction of sp³-hybridized carbons (Fsp3) is 0.385. The second kappa shape index (κ2) is 6.09. The summed E-state index contributed by atoms with van der Waals surface area (Å²) in [5.41, 5.74) is -0.0951. The van der Waals surface area contributed by atoms with Crippen LogP contribution in [-0.2, 0) is 9.53 Å². The van der Waals surface area contributed by atoms with Crippen molar-refractivity contribution in [3.8, 4) is 0 Å². The average Bonchev–Trinajstić information content (AvgIpc) is 2.28. The van der Waals surface area contributed by atoms with Gasteiger partial charge in [0.05, 0.1) is 12.7 Å². The van der Waals surface area contributed by atoms with Crippen molar-refractivity contribution >= 4 is 27.7 Å². The smallest absolute Gasteiger partial charge is 0.316 e. The van der Waals surface area contributed by atoms with Crippen LogP contribution in [0.5, 0.6) is 0 Å². The number of rotatable bonds is 4. The third kappa shape index (κ3) is 3.16. The highest BCUT2D eigenvalue weighted by atomic mass is 79.9. The van der Waals surface area contributed by atoms with Gasteiger partial charge in [-0.3, -0.25) is 9.59 Å². The van der Waals surface area contributed by atoms with Crippen molar-refractivity contribution in [1.82, 2.24) is 0 Å². The summed E-state index contributed by atoms with van der Waals surface area (Å²) in [5, 5.41) is 0. The molecule has 0 heterocycles. The number of hydrogen-bond donors (Lipinski definition) is 0. The zero-order chi connectivity index (χ0) is 13.9. The summed E-state index contributed by atoms with van der Waals surface area (Å²) in [4.78, 5) is 23.7. The predicted molar refractivity (Wildman–Crippen MR) is 68.8 cm³/mol. The summed E-state index contributed by atoms with van der Waals surface area (Å²) in [6.07, 6.45) is 0. The molecular weight excluding hydrogens is 303 g/mol. The fourth-order valence-corrected chi connectivity index (χ4v) is 2.00. The van der Waals surface area contributed by atoms with Crippen molar-refractivity contribution in [3.63, 3.8) is 0 Å². The molecule has 0 N–H and O–H groups in total. The molecule has 18 heavy (non-hydrogen) atoms. The van der Waals surface area contributed by atoms with Crippen LogP contribution in [0.15, 0.2) is 22.7 Å². The molecule has 0 radical (unpaired) electrons. The molecule has 0 aliphatic rings. The number of carbonyl (C=O) groups is 2. The molecule has 1 rings (SSSR count). The lowest BCUT2D eigenvalue weighted by Gasteiger charge is -2.17. The van der Waals surface area contributed by atoms with Crippen LogP contribution in [0.4, 0.5) is 4.39 Å².